The summed E-state index contributed by atoms with van der Waals surface area (Å²) in [5.41, 5.74) is 1.97. The van der Waals surface area contributed by atoms with Gasteiger partial charge in [0, 0.05) is 11.6 Å². The van der Waals surface area contributed by atoms with Gasteiger partial charge in [0.05, 0.1) is 11.4 Å². The molecule has 0 aromatic carbocycles. The van der Waals surface area contributed by atoms with Crippen LogP contribution in [0, 0.1) is 5.41 Å². The van der Waals surface area contributed by atoms with Crippen LogP contribution in [0.5, 0.6) is 0 Å². The summed E-state index contributed by atoms with van der Waals surface area (Å²) >= 11 is 3.23. The average molecular weight is 284 g/mol. The van der Waals surface area contributed by atoms with E-state index in [2.05, 4.69) is 26.2 Å². The third-order valence-electron chi connectivity index (χ3n) is 1.93. The summed E-state index contributed by atoms with van der Waals surface area (Å²) in [5.74, 6) is 0. The summed E-state index contributed by atoms with van der Waals surface area (Å²) in [6.07, 6.45) is 0.767. The number of aldehydes is 1. The predicted molar refractivity (Wildman–Crippen MR) is 68.6 cm³/mol. The lowest BCUT2D eigenvalue weighted by Crippen LogP contribution is -2.16. The van der Waals surface area contributed by atoms with Crippen LogP contribution in [0.4, 0.5) is 5.69 Å². The van der Waals surface area contributed by atoms with Crippen molar-refractivity contribution >= 4 is 33.6 Å². The van der Waals surface area contributed by atoms with Crippen molar-refractivity contribution in [3.8, 4) is 0 Å². The lowest BCUT2D eigenvalue weighted by Gasteiger charge is -2.15. The summed E-state index contributed by atoms with van der Waals surface area (Å²) in [4.78, 5) is 15.2. The minimum atomic E-state index is 0.180. The molecular weight excluding hydrogens is 270 g/mol. The highest BCUT2D eigenvalue weighted by atomic mass is 79.9. The van der Waals surface area contributed by atoms with Gasteiger partial charge < -0.3 is 10.7 Å². The topological polar surface area (TPSA) is 65.8 Å². The lowest BCUT2D eigenvalue weighted by molar-refractivity contribution is 0.112. The van der Waals surface area contributed by atoms with Crippen molar-refractivity contribution in [2.24, 2.45) is 0 Å². The number of hydrogen-bond acceptors (Lipinski definition) is 4. The molecule has 0 amide bonds. The quantitative estimate of drug-likeness (QED) is 0.507. The first kappa shape index (κ1) is 12.8. The molecule has 2 N–H and O–H groups in total. The fourth-order valence-electron chi connectivity index (χ4n) is 1.34. The molecule has 86 valence electrons. The van der Waals surface area contributed by atoms with Crippen LogP contribution < -0.4 is 5.32 Å². The van der Waals surface area contributed by atoms with Crippen LogP contribution in [-0.2, 0) is 0 Å². The second-order valence-electron chi connectivity index (χ2n) is 3.80. The van der Waals surface area contributed by atoms with E-state index in [1.54, 1.807) is 13.0 Å². The number of hydrogen-bond donors (Lipinski definition) is 2. The molecule has 0 spiro atoms. The standard InChI is InChI=1S/C11H14BrN3O/c1-6(2)14-11-8(5-16)4-9(12)15-10(11)7(3)13/h4-6,13-14H,1-3H3. The summed E-state index contributed by atoms with van der Waals surface area (Å²) in [6.45, 7) is 5.59. The summed E-state index contributed by atoms with van der Waals surface area (Å²) in [6, 6.07) is 1.82. The van der Waals surface area contributed by atoms with Crippen LogP contribution >= 0.6 is 15.9 Å². The second-order valence-corrected chi connectivity index (χ2v) is 4.61. The number of carbonyl (C=O) groups excluding carboxylic acids is 1. The van der Waals surface area contributed by atoms with Crippen LogP contribution in [0.2, 0.25) is 0 Å². The molecule has 0 aliphatic heterocycles. The zero-order chi connectivity index (χ0) is 12.3. The molecular formula is C11H14BrN3O. The maximum atomic E-state index is 11.0. The van der Waals surface area contributed by atoms with Crippen LogP contribution in [0.25, 0.3) is 0 Å². The molecule has 4 nitrogen and oxygen atoms in total. The number of halogens is 1. The SMILES string of the molecule is CC(=N)c1nc(Br)cc(C=O)c1NC(C)C. The second kappa shape index (κ2) is 5.21. The van der Waals surface area contributed by atoms with E-state index in [0.717, 1.165) is 6.29 Å². The molecule has 1 heterocycles. The Kier molecular flexibility index (Phi) is 4.18. The molecule has 0 aliphatic carbocycles. The molecule has 1 rings (SSSR count). The number of pyridine rings is 1. The van der Waals surface area contributed by atoms with E-state index in [0.29, 0.717) is 27.3 Å². The maximum absolute atomic E-state index is 11.0. The smallest absolute Gasteiger partial charge is 0.152 e. The highest BCUT2D eigenvalue weighted by Crippen LogP contribution is 2.23. The van der Waals surface area contributed by atoms with Crippen LogP contribution in [-0.4, -0.2) is 23.0 Å². The molecule has 0 radical (unpaired) electrons. The van der Waals surface area contributed by atoms with Crippen molar-refractivity contribution in [1.29, 1.82) is 5.41 Å². The third-order valence-corrected chi connectivity index (χ3v) is 2.34. The number of nitrogens with one attached hydrogen (secondary N) is 2. The van der Waals surface area contributed by atoms with E-state index in [1.807, 2.05) is 13.8 Å². The number of nitrogens with zero attached hydrogens (tertiary/aromatic N) is 1. The van der Waals surface area contributed by atoms with Gasteiger partial charge in [-0.25, -0.2) is 4.98 Å². The van der Waals surface area contributed by atoms with Crippen LogP contribution in [0.15, 0.2) is 10.7 Å². The lowest BCUT2D eigenvalue weighted by atomic mass is 10.1. The van der Waals surface area contributed by atoms with E-state index in [9.17, 15) is 4.79 Å². The van der Waals surface area contributed by atoms with Gasteiger partial charge in [0.25, 0.3) is 0 Å². The first-order chi connectivity index (χ1) is 7.45. The molecule has 1 aromatic rings. The van der Waals surface area contributed by atoms with Gasteiger partial charge in [0.2, 0.25) is 0 Å². The molecule has 0 fully saturated rings. The zero-order valence-corrected chi connectivity index (χ0v) is 11.1. The van der Waals surface area contributed by atoms with Crippen LogP contribution in [0.3, 0.4) is 0 Å². The Labute approximate surface area is 103 Å². The summed E-state index contributed by atoms with van der Waals surface area (Å²) < 4.78 is 0.561. The molecule has 0 aliphatic rings. The van der Waals surface area contributed by atoms with Gasteiger partial charge in [0.15, 0.2) is 6.29 Å². The first-order valence-corrected chi connectivity index (χ1v) is 5.72. The number of rotatable bonds is 4. The Morgan fingerprint density at radius 1 is 1.62 bits per heavy atom. The molecule has 0 saturated carbocycles. The van der Waals surface area contributed by atoms with Crippen molar-refractivity contribution in [2.75, 3.05) is 5.32 Å². The molecule has 0 saturated heterocycles. The van der Waals surface area contributed by atoms with Crippen molar-refractivity contribution in [3.63, 3.8) is 0 Å². The fraction of sp³-hybridized carbons (Fsp3) is 0.364. The predicted octanol–water partition coefficient (Wildman–Crippen LogP) is 2.86. The minimum Gasteiger partial charge on any atom is -0.380 e. The Morgan fingerprint density at radius 2 is 2.25 bits per heavy atom. The van der Waals surface area contributed by atoms with Gasteiger partial charge in [-0.15, -0.1) is 0 Å². The number of anilines is 1. The normalized spacial score (nSPS) is 10.3. The van der Waals surface area contributed by atoms with E-state index >= 15 is 0 Å². The van der Waals surface area contributed by atoms with Gasteiger partial charge in [-0.1, -0.05) is 0 Å². The van der Waals surface area contributed by atoms with Crippen molar-refractivity contribution in [3.05, 3.63) is 21.9 Å². The Balaban J connectivity index is 3.38. The largest absolute Gasteiger partial charge is 0.380 e. The van der Waals surface area contributed by atoms with Crippen LogP contribution in [0.1, 0.15) is 36.8 Å². The minimum absolute atomic E-state index is 0.180. The van der Waals surface area contributed by atoms with Gasteiger partial charge in [0.1, 0.15) is 10.3 Å². The van der Waals surface area contributed by atoms with Crippen molar-refractivity contribution in [1.82, 2.24) is 4.98 Å². The summed E-state index contributed by atoms with van der Waals surface area (Å²) in [5, 5.41) is 10.8. The molecule has 0 unspecified atom stereocenters. The van der Waals surface area contributed by atoms with Gasteiger partial charge in [-0.3, -0.25) is 4.79 Å². The summed E-state index contributed by atoms with van der Waals surface area (Å²) in [7, 11) is 0. The van der Waals surface area contributed by atoms with E-state index in [4.69, 9.17) is 5.41 Å². The van der Waals surface area contributed by atoms with E-state index in [-0.39, 0.29) is 6.04 Å². The Morgan fingerprint density at radius 3 is 2.69 bits per heavy atom. The monoisotopic (exact) mass is 283 g/mol. The Hall–Kier alpha value is -1.23. The average Bonchev–Trinajstić information content (AvgIpc) is 2.19. The highest BCUT2D eigenvalue weighted by molar-refractivity contribution is 9.10. The number of carbonyl (C=O) groups is 1. The molecule has 16 heavy (non-hydrogen) atoms. The molecule has 1 aromatic heterocycles. The van der Waals surface area contributed by atoms with E-state index in [1.165, 1.54) is 0 Å². The van der Waals surface area contributed by atoms with Gasteiger partial charge >= 0.3 is 0 Å². The van der Waals surface area contributed by atoms with Crippen molar-refractivity contribution < 1.29 is 4.79 Å². The molecule has 0 bridgehead atoms. The number of aromatic nitrogens is 1. The first-order valence-electron chi connectivity index (χ1n) is 4.93. The maximum Gasteiger partial charge on any atom is 0.152 e. The van der Waals surface area contributed by atoms with Crippen molar-refractivity contribution in [2.45, 2.75) is 26.8 Å². The Bertz CT molecular complexity index is 429. The zero-order valence-electron chi connectivity index (χ0n) is 9.47. The molecule has 5 heteroatoms. The fourth-order valence-corrected chi connectivity index (χ4v) is 1.76. The van der Waals surface area contributed by atoms with E-state index < -0.39 is 0 Å². The van der Waals surface area contributed by atoms with Gasteiger partial charge in [-0.05, 0) is 42.8 Å². The van der Waals surface area contributed by atoms with Gasteiger partial charge in [-0.2, -0.15) is 0 Å². The molecule has 0 atom stereocenters. The highest BCUT2D eigenvalue weighted by Gasteiger charge is 2.13. The third kappa shape index (κ3) is 2.88.